The molecule has 8 nitrogen and oxygen atoms in total. The molecule has 1 aliphatic rings. The number of hydrogen-bond acceptors (Lipinski definition) is 8. The third-order valence-electron chi connectivity index (χ3n) is 4.73. The van der Waals surface area contributed by atoms with Crippen LogP contribution in [0, 0.1) is 0 Å². The summed E-state index contributed by atoms with van der Waals surface area (Å²) >= 11 is 0. The number of carboxylic acid groups (broad SMARTS) is 1. The molecule has 148 valence electrons. The predicted octanol–water partition coefficient (Wildman–Crippen LogP) is 0.718. The van der Waals surface area contributed by atoms with E-state index in [0.717, 1.165) is 6.07 Å². The molecule has 0 heterocycles. The number of phenols is 2. The number of aliphatic carboxylic acids is 1. The lowest BCUT2D eigenvalue weighted by Crippen LogP contribution is -2.27. The van der Waals surface area contributed by atoms with Crippen molar-refractivity contribution in [2.75, 3.05) is 0 Å². The maximum atomic E-state index is 12.9. The van der Waals surface area contributed by atoms with Crippen molar-refractivity contribution in [2.45, 2.75) is 26.2 Å². The third kappa shape index (κ3) is 3.29. The van der Waals surface area contributed by atoms with Gasteiger partial charge in [0.25, 0.3) is 0 Å². The number of ketones is 4. The van der Waals surface area contributed by atoms with Gasteiger partial charge < -0.3 is 20.1 Å². The average Bonchev–Trinajstić information content (AvgIpc) is 2.64. The highest BCUT2D eigenvalue weighted by Gasteiger charge is 2.37. The normalized spacial score (nSPS) is 12.3. The van der Waals surface area contributed by atoms with Crippen molar-refractivity contribution in [3.63, 3.8) is 0 Å². The molecule has 29 heavy (non-hydrogen) atoms. The molecule has 0 atom stereocenters. The third-order valence-corrected chi connectivity index (χ3v) is 4.73. The van der Waals surface area contributed by atoms with Gasteiger partial charge in [0.05, 0.1) is 23.1 Å². The van der Waals surface area contributed by atoms with E-state index in [4.69, 9.17) is 0 Å². The molecule has 0 saturated heterocycles. The Bertz CT molecular complexity index is 1110. The van der Waals surface area contributed by atoms with Crippen molar-refractivity contribution in [1.29, 1.82) is 0 Å². The van der Waals surface area contributed by atoms with Gasteiger partial charge in [-0.05, 0) is 17.7 Å². The monoisotopic (exact) mass is 395 g/mol. The van der Waals surface area contributed by atoms with Crippen LogP contribution in [0.25, 0.3) is 0 Å². The van der Waals surface area contributed by atoms with E-state index in [1.807, 2.05) is 0 Å². The minimum atomic E-state index is -1.58. The van der Waals surface area contributed by atoms with Crippen molar-refractivity contribution in [3.05, 3.63) is 57.6 Å². The topological polar surface area (TPSA) is 149 Å². The Morgan fingerprint density at radius 2 is 1.69 bits per heavy atom. The smallest absolute Gasteiger partial charge is 0.201 e. The number of hydrogen-bond donors (Lipinski definition) is 2. The summed E-state index contributed by atoms with van der Waals surface area (Å²) in [5.41, 5.74) is -1.99. The second-order valence-electron chi connectivity index (χ2n) is 6.58. The Kier molecular flexibility index (Phi) is 5.02. The molecule has 2 aromatic carbocycles. The molecule has 0 amide bonds. The van der Waals surface area contributed by atoms with Gasteiger partial charge >= 0.3 is 0 Å². The summed E-state index contributed by atoms with van der Waals surface area (Å²) in [4.78, 5) is 61.1. The van der Waals surface area contributed by atoms with E-state index in [-0.39, 0.29) is 28.7 Å². The molecule has 0 spiro atoms. The van der Waals surface area contributed by atoms with Crippen molar-refractivity contribution >= 4 is 29.1 Å². The highest BCUT2D eigenvalue weighted by atomic mass is 16.4. The van der Waals surface area contributed by atoms with Crippen LogP contribution >= 0.6 is 0 Å². The first kappa shape index (κ1) is 19.9. The van der Waals surface area contributed by atoms with Crippen molar-refractivity contribution in [1.82, 2.24) is 0 Å². The molecule has 0 aliphatic heterocycles. The van der Waals surface area contributed by atoms with Crippen LogP contribution in [0.3, 0.4) is 0 Å². The Labute approximate surface area is 164 Å². The number of fused-ring (bicyclic) bond motifs is 2. The van der Waals surface area contributed by atoms with E-state index in [0.29, 0.717) is 0 Å². The van der Waals surface area contributed by atoms with Gasteiger partial charge in [0.15, 0.2) is 11.6 Å². The van der Waals surface area contributed by atoms with E-state index in [1.54, 1.807) is 0 Å². The summed E-state index contributed by atoms with van der Waals surface area (Å²) in [5, 5.41) is 31.8. The van der Waals surface area contributed by atoms with Crippen LogP contribution < -0.4 is 5.11 Å². The molecule has 0 bridgehead atoms. The first-order valence-corrected chi connectivity index (χ1v) is 8.72. The molecule has 3 rings (SSSR count). The molecule has 8 heteroatoms. The Morgan fingerprint density at radius 1 is 1.00 bits per heavy atom. The quantitative estimate of drug-likeness (QED) is 0.458. The predicted molar refractivity (Wildman–Crippen MR) is 96.0 cm³/mol. The number of phenolic OH excluding ortho intramolecular Hbond substituents is 2. The van der Waals surface area contributed by atoms with Gasteiger partial charge in [0.2, 0.25) is 5.78 Å². The minimum absolute atomic E-state index is 0.0475. The standard InChI is InChI=1S/C21H16O8/c1-2-10(22)8-14(24)16-9(7-15(25)26)6-12-18(20(16)28)21(29)17-11(19(12)27)4-3-5-13(17)23/h3-6,23,28H,2,7-8H2,1H3,(H,25,26)/p-1. The van der Waals surface area contributed by atoms with Gasteiger partial charge in [0.1, 0.15) is 17.3 Å². The summed E-state index contributed by atoms with van der Waals surface area (Å²) in [6, 6.07) is 4.91. The van der Waals surface area contributed by atoms with Crippen molar-refractivity contribution in [3.8, 4) is 11.5 Å². The molecule has 0 unspecified atom stereocenters. The lowest BCUT2D eigenvalue weighted by atomic mass is 9.79. The Morgan fingerprint density at radius 3 is 2.31 bits per heavy atom. The molecule has 2 N–H and O–H groups in total. The molecule has 1 aliphatic carbocycles. The number of aromatic hydroxyl groups is 2. The summed E-state index contributed by atoms with van der Waals surface area (Å²) in [7, 11) is 0. The maximum Gasteiger partial charge on any atom is 0.201 e. The molecular formula is C21H15O8-. The number of benzene rings is 2. The van der Waals surface area contributed by atoms with Crippen molar-refractivity contribution < 1.29 is 39.3 Å². The van der Waals surface area contributed by atoms with Crippen LogP contribution in [-0.2, 0) is 16.0 Å². The fourth-order valence-corrected chi connectivity index (χ4v) is 3.37. The largest absolute Gasteiger partial charge is 0.550 e. The second kappa shape index (κ2) is 7.31. The summed E-state index contributed by atoms with van der Waals surface area (Å²) in [6.07, 6.45) is -1.37. The van der Waals surface area contributed by atoms with Gasteiger partial charge in [-0.1, -0.05) is 19.1 Å². The molecular weight excluding hydrogens is 380 g/mol. The second-order valence-corrected chi connectivity index (χ2v) is 6.58. The van der Waals surface area contributed by atoms with Gasteiger partial charge in [-0.3, -0.25) is 19.2 Å². The highest BCUT2D eigenvalue weighted by Crippen LogP contribution is 2.40. The number of carbonyl (C=O) groups is 5. The summed E-state index contributed by atoms with van der Waals surface area (Å²) in [5.74, 6) is -5.87. The van der Waals surface area contributed by atoms with Crippen LogP contribution in [0.2, 0.25) is 0 Å². The minimum Gasteiger partial charge on any atom is -0.550 e. The number of carboxylic acids is 1. The van der Waals surface area contributed by atoms with Crippen LogP contribution in [-0.4, -0.2) is 39.3 Å². The van der Waals surface area contributed by atoms with Crippen molar-refractivity contribution in [2.24, 2.45) is 0 Å². The zero-order valence-electron chi connectivity index (χ0n) is 15.3. The van der Waals surface area contributed by atoms with E-state index in [1.165, 1.54) is 25.1 Å². The Balaban J connectivity index is 2.29. The van der Waals surface area contributed by atoms with Crippen LogP contribution in [0.5, 0.6) is 11.5 Å². The van der Waals surface area contributed by atoms with E-state index < -0.39 is 64.6 Å². The van der Waals surface area contributed by atoms with Gasteiger partial charge in [-0.25, -0.2) is 0 Å². The molecule has 0 saturated carbocycles. The maximum absolute atomic E-state index is 12.9. The van der Waals surface area contributed by atoms with Gasteiger partial charge in [0, 0.05) is 29.9 Å². The lowest BCUT2D eigenvalue weighted by molar-refractivity contribution is -0.304. The van der Waals surface area contributed by atoms with E-state index in [2.05, 4.69) is 0 Å². The summed E-state index contributed by atoms with van der Waals surface area (Å²) < 4.78 is 0. The van der Waals surface area contributed by atoms with Gasteiger partial charge in [-0.15, -0.1) is 0 Å². The zero-order valence-corrected chi connectivity index (χ0v) is 15.3. The fourth-order valence-electron chi connectivity index (χ4n) is 3.37. The average molecular weight is 395 g/mol. The first-order valence-electron chi connectivity index (χ1n) is 8.72. The zero-order chi connectivity index (χ0) is 21.5. The number of rotatable bonds is 6. The molecule has 0 aromatic heterocycles. The fraction of sp³-hybridized carbons (Fsp3) is 0.190. The molecule has 0 fully saturated rings. The SMILES string of the molecule is CCC(=O)CC(=O)c1c(CC(=O)[O-])cc2c(c1O)C(=O)c1c(O)cccc1C2=O. The highest BCUT2D eigenvalue weighted by molar-refractivity contribution is 6.31. The molecule has 0 radical (unpaired) electrons. The number of Topliss-reactive ketones (excluding diaryl/α,β-unsaturated/α-hetero) is 2. The molecule has 2 aromatic rings. The van der Waals surface area contributed by atoms with Crippen LogP contribution in [0.15, 0.2) is 24.3 Å². The lowest BCUT2D eigenvalue weighted by Gasteiger charge is -2.22. The van der Waals surface area contributed by atoms with E-state index >= 15 is 0 Å². The summed E-state index contributed by atoms with van der Waals surface area (Å²) in [6.45, 7) is 1.53. The van der Waals surface area contributed by atoms with E-state index in [9.17, 15) is 39.3 Å². The first-order chi connectivity index (χ1) is 13.7. The van der Waals surface area contributed by atoms with Crippen LogP contribution in [0.1, 0.15) is 67.5 Å². The van der Waals surface area contributed by atoms with Gasteiger partial charge in [-0.2, -0.15) is 0 Å². The Hall–Kier alpha value is -3.81. The number of carbonyl (C=O) groups excluding carboxylic acids is 5. The van der Waals surface area contributed by atoms with Crippen LogP contribution in [0.4, 0.5) is 0 Å².